The van der Waals surface area contributed by atoms with E-state index in [4.69, 9.17) is 0 Å². The Balaban J connectivity index is 2.50. The van der Waals surface area contributed by atoms with E-state index >= 15 is 0 Å². The summed E-state index contributed by atoms with van der Waals surface area (Å²) in [4.78, 5) is -0.118. The molecule has 2 rings (SSSR count). The van der Waals surface area contributed by atoms with Crippen LogP contribution in [-0.2, 0) is 16.7 Å². The smallest absolute Gasteiger partial charge is 0.277 e. The van der Waals surface area contributed by atoms with Crippen LogP contribution in [0.15, 0.2) is 36.1 Å². The maximum atomic E-state index is 11.7. The van der Waals surface area contributed by atoms with Gasteiger partial charge in [-0.3, -0.25) is 0 Å². The third-order valence-electron chi connectivity index (χ3n) is 3.70. The molecule has 4 nitrogen and oxygen atoms in total. The minimum Gasteiger partial charge on any atom is -0.623 e. The van der Waals surface area contributed by atoms with Crippen LogP contribution in [0, 0.1) is 26.0 Å². The number of hydrogen-bond donors (Lipinski definition) is 1. The molecule has 0 fully saturated rings. The third kappa shape index (κ3) is 2.75. The van der Waals surface area contributed by atoms with E-state index in [1.165, 1.54) is 6.20 Å². The normalized spacial score (nSPS) is 18.1. The largest absolute Gasteiger partial charge is 0.623 e. The Morgan fingerprint density at radius 3 is 2.45 bits per heavy atom. The first-order chi connectivity index (χ1) is 9.41. The number of nitrogens with one attached hydrogen (secondary N) is 1. The van der Waals surface area contributed by atoms with Crippen LogP contribution in [0.5, 0.6) is 0 Å². The molecule has 0 aliphatic carbocycles. The molecular formula is C15H17NO3S. The van der Waals surface area contributed by atoms with Gasteiger partial charge in [-0.2, -0.15) is 8.42 Å². The number of hydrogen-bond acceptors (Lipinski definition) is 3. The monoisotopic (exact) mass is 291 g/mol. The van der Waals surface area contributed by atoms with Gasteiger partial charge in [0.25, 0.3) is 15.3 Å². The predicted octanol–water partition coefficient (Wildman–Crippen LogP) is 1.000. The van der Waals surface area contributed by atoms with E-state index in [1.807, 2.05) is 32.9 Å². The van der Waals surface area contributed by atoms with Crippen molar-refractivity contribution in [1.29, 1.82) is 0 Å². The maximum absolute atomic E-state index is 11.7. The second-order valence-corrected chi connectivity index (χ2v) is 5.84. The van der Waals surface area contributed by atoms with Gasteiger partial charge in [0.15, 0.2) is 0 Å². The van der Waals surface area contributed by atoms with E-state index < -0.39 is 15.4 Å². The van der Waals surface area contributed by atoms with Crippen LogP contribution in [0.1, 0.15) is 22.3 Å². The molecule has 0 spiro atoms. The van der Waals surface area contributed by atoms with Crippen molar-refractivity contribution in [2.24, 2.45) is 0 Å². The van der Waals surface area contributed by atoms with Crippen LogP contribution in [0.25, 0.3) is 0 Å². The minimum atomic E-state index is -2.51. The van der Waals surface area contributed by atoms with Crippen LogP contribution in [0.3, 0.4) is 0 Å². The summed E-state index contributed by atoms with van der Waals surface area (Å²) in [5.41, 5.74) is 5.05. The summed E-state index contributed by atoms with van der Waals surface area (Å²) in [5.74, 6) is 0. The van der Waals surface area contributed by atoms with Crippen LogP contribution in [-0.4, -0.2) is 13.4 Å². The van der Waals surface area contributed by atoms with Gasteiger partial charge in [-0.15, -0.1) is 0 Å². The molecule has 1 atom stereocenters. The van der Waals surface area contributed by atoms with Crippen LogP contribution in [0.2, 0.25) is 0 Å². The van der Waals surface area contributed by atoms with Gasteiger partial charge < -0.3 is 10.3 Å². The Morgan fingerprint density at radius 1 is 1.15 bits per heavy atom. The molecule has 106 valence electrons. The molecule has 1 aromatic rings. The lowest BCUT2D eigenvalue weighted by Gasteiger charge is -2.22. The lowest BCUT2D eigenvalue weighted by atomic mass is 9.92. The summed E-state index contributed by atoms with van der Waals surface area (Å²) in [7, 11) is -2.51. The zero-order chi connectivity index (χ0) is 14.9. The highest BCUT2D eigenvalue weighted by atomic mass is 32.2. The van der Waals surface area contributed by atoms with Crippen molar-refractivity contribution in [3.63, 3.8) is 0 Å². The fraction of sp³-hybridized carbons (Fsp3) is 0.267. The van der Waals surface area contributed by atoms with E-state index in [0.717, 1.165) is 22.3 Å². The van der Waals surface area contributed by atoms with Crippen LogP contribution < -0.4 is 5.06 Å². The molecule has 0 saturated heterocycles. The van der Waals surface area contributed by atoms with Crippen molar-refractivity contribution in [3.8, 4) is 0 Å². The van der Waals surface area contributed by atoms with Gasteiger partial charge in [0, 0.05) is 12.0 Å². The summed E-state index contributed by atoms with van der Waals surface area (Å²) in [6.07, 6.45) is 5.05. The SMILES string of the molecule is Cc1ccc(C)c(CC2=CC=C[NH+]([O-])C2=S(=O)=O)c1C. The Kier molecular flexibility index (Phi) is 4.23. The van der Waals surface area contributed by atoms with E-state index in [2.05, 4.69) is 0 Å². The molecule has 1 aliphatic rings. The number of quaternary nitrogens is 1. The fourth-order valence-electron chi connectivity index (χ4n) is 2.36. The molecule has 1 aromatic carbocycles. The standard InChI is InChI=1S/C15H17NO3S/c1-10-6-7-11(2)14(12(10)3)9-13-5-4-8-16(17)15(13)20(18)19/h4-8,16H,9H2,1-3H3. The van der Waals surface area contributed by atoms with E-state index in [-0.39, 0.29) is 4.99 Å². The van der Waals surface area contributed by atoms with Crippen molar-refractivity contribution < 1.29 is 13.5 Å². The zero-order valence-electron chi connectivity index (χ0n) is 11.7. The number of aryl methyl sites for hydroxylation is 2. The Morgan fingerprint density at radius 2 is 1.80 bits per heavy atom. The zero-order valence-corrected chi connectivity index (χ0v) is 12.5. The first-order valence-electron chi connectivity index (χ1n) is 6.35. The van der Waals surface area contributed by atoms with Crippen molar-refractivity contribution in [2.75, 3.05) is 0 Å². The second kappa shape index (κ2) is 5.75. The van der Waals surface area contributed by atoms with Crippen molar-refractivity contribution in [1.82, 2.24) is 0 Å². The molecule has 5 heteroatoms. The number of hydroxylamine groups is 2. The summed E-state index contributed by atoms with van der Waals surface area (Å²) in [6.45, 7) is 6.04. The highest BCUT2D eigenvalue weighted by Crippen LogP contribution is 2.21. The molecule has 20 heavy (non-hydrogen) atoms. The topological polar surface area (TPSA) is 61.6 Å². The van der Waals surface area contributed by atoms with Gasteiger partial charge in [-0.05, 0) is 55.2 Å². The molecule has 0 radical (unpaired) electrons. The molecule has 1 aliphatic heterocycles. The Hall–Kier alpha value is -1.69. The molecule has 0 amide bonds. The number of allylic oxidation sites excluding steroid dienone is 2. The predicted molar refractivity (Wildman–Crippen MR) is 79.8 cm³/mol. The lowest BCUT2D eigenvalue weighted by molar-refractivity contribution is -0.680. The molecule has 1 N–H and O–H groups in total. The Labute approximate surface area is 120 Å². The summed E-state index contributed by atoms with van der Waals surface area (Å²) in [5, 5.41) is 11.3. The first kappa shape index (κ1) is 14.7. The van der Waals surface area contributed by atoms with Crippen molar-refractivity contribution in [2.45, 2.75) is 27.2 Å². The Bertz CT molecular complexity index is 735. The molecule has 0 saturated carbocycles. The van der Waals surface area contributed by atoms with E-state index in [0.29, 0.717) is 12.0 Å². The van der Waals surface area contributed by atoms with Crippen LogP contribution in [0.4, 0.5) is 0 Å². The third-order valence-corrected chi connectivity index (χ3v) is 4.49. The molecule has 1 heterocycles. The average molecular weight is 291 g/mol. The summed E-state index contributed by atoms with van der Waals surface area (Å²) >= 11 is 0. The van der Waals surface area contributed by atoms with Gasteiger partial charge >= 0.3 is 0 Å². The van der Waals surface area contributed by atoms with Gasteiger partial charge in [0.2, 0.25) is 0 Å². The lowest BCUT2D eigenvalue weighted by Crippen LogP contribution is -3.06. The molecule has 0 aromatic heterocycles. The van der Waals surface area contributed by atoms with Gasteiger partial charge in [0.05, 0.1) is 0 Å². The van der Waals surface area contributed by atoms with Gasteiger partial charge in [-0.1, -0.05) is 12.1 Å². The number of benzene rings is 1. The van der Waals surface area contributed by atoms with Gasteiger partial charge in [0.1, 0.15) is 6.20 Å². The second-order valence-electron chi connectivity index (χ2n) is 4.96. The summed E-state index contributed by atoms with van der Waals surface area (Å²) in [6, 6.07) is 4.07. The summed E-state index contributed by atoms with van der Waals surface area (Å²) < 4.78 is 22.5. The molecular weight excluding hydrogens is 274 g/mol. The first-order valence-corrected chi connectivity index (χ1v) is 7.43. The van der Waals surface area contributed by atoms with Crippen molar-refractivity contribution >= 4 is 15.3 Å². The fourth-order valence-corrected chi connectivity index (χ4v) is 2.95. The number of rotatable bonds is 2. The highest BCUT2D eigenvalue weighted by Gasteiger charge is 2.20. The van der Waals surface area contributed by atoms with Gasteiger partial charge in [-0.25, -0.2) is 0 Å². The quantitative estimate of drug-likeness (QED) is 0.653. The van der Waals surface area contributed by atoms with E-state index in [1.54, 1.807) is 12.2 Å². The average Bonchev–Trinajstić information content (AvgIpc) is 2.39. The highest BCUT2D eigenvalue weighted by molar-refractivity contribution is 7.72. The van der Waals surface area contributed by atoms with Crippen LogP contribution >= 0.6 is 0 Å². The maximum Gasteiger partial charge on any atom is 0.277 e. The van der Waals surface area contributed by atoms with Crippen molar-refractivity contribution in [3.05, 3.63) is 63.5 Å². The van der Waals surface area contributed by atoms with E-state index in [9.17, 15) is 13.6 Å². The molecule has 0 bridgehead atoms. The minimum absolute atomic E-state index is 0.118. The molecule has 1 unspecified atom stereocenters.